The third-order valence-electron chi connectivity index (χ3n) is 3.80. The molecule has 2 aliphatic heterocycles. The zero-order valence-electron chi connectivity index (χ0n) is 9.98. The molecule has 0 saturated carbocycles. The Morgan fingerprint density at radius 2 is 1.14 bits per heavy atom. The van der Waals surface area contributed by atoms with E-state index >= 15 is 0 Å². The summed E-state index contributed by atoms with van der Waals surface area (Å²) in [6, 6.07) is 1.40. The first-order chi connectivity index (χ1) is 6.38. The fourth-order valence-corrected chi connectivity index (χ4v) is 2.93. The summed E-state index contributed by atoms with van der Waals surface area (Å²) in [4.78, 5) is 0. The SMILES string of the molecule is CC1(C)CCC(C2CCC(C)(C)N2)N1. The van der Waals surface area contributed by atoms with Gasteiger partial charge in [-0.1, -0.05) is 0 Å². The molecule has 2 nitrogen and oxygen atoms in total. The van der Waals surface area contributed by atoms with Crippen molar-refractivity contribution in [1.82, 2.24) is 10.6 Å². The number of hydrogen-bond donors (Lipinski definition) is 2. The average molecular weight is 196 g/mol. The van der Waals surface area contributed by atoms with E-state index in [1.807, 2.05) is 0 Å². The van der Waals surface area contributed by atoms with Crippen molar-refractivity contribution in [1.29, 1.82) is 0 Å². The van der Waals surface area contributed by atoms with E-state index in [0.29, 0.717) is 23.2 Å². The van der Waals surface area contributed by atoms with Crippen molar-refractivity contribution in [2.45, 2.75) is 76.5 Å². The molecule has 0 aliphatic carbocycles. The number of nitrogens with one attached hydrogen (secondary N) is 2. The largest absolute Gasteiger partial charge is 0.307 e. The molecule has 2 unspecified atom stereocenters. The first-order valence-corrected chi connectivity index (χ1v) is 5.93. The Balaban J connectivity index is 1.93. The summed E-state index contributed by atoms with van der Waals surface area (Å²) in [5.41, 5.74) is 0.720. The van der Waals surface area contributed by atoms with Crippen LogP contribution in [-0.4, -0.2) is 23.2 Å². The van der Waals surface area contributed by atoms with Gasteiger partial charge in [-0.2, -0.15) is 0 Å². The minimum atomic E-state index is 0.360. The molecular formula is C12H24N2. The van der Waals surface area contributed by atoms with E-state index in [0.717, 1.165) is 0 Å². The van der Waals surface area contributed by atoms with E-state index in [4.69, 9.17) is 0 Å². The molecular weight excluding hydrogens is 172 g/mol. The standard InChI is InChI=1S/C12H24N2/c1-11(2)7-5-9(13-11)10-6-8-12(3,4)14-10/h9-10,13-14H,5-8H2,1-4H3. The Hall–Kier alpha value is -0.0800. The summed E-state index contributed by atoms with van der Waals surface area (Å²) >= 11 is 0. The minimum Gasteiger partial charge on any atom is -0.307 e. The molecule has 2 N–H and O–H groups in total. The highest BCUT2D eigenvalue weighted by atomic mass is 15.1. The minimum absolute atomic E-state index is 0.360. The van der Waals surface area contributed by atoms with Gasteiger partial charge in [0.05, 0.1) is 0 Å². The van der Waals surface area contributed by atoms with Gasteiger partial charge < -0.3 is 10.6 Å². The van der Waals surface area contributed by atoms with Crippen LogP contribution in [-0.2, 0) is 0 Å². The van der Waals surface area contributed by atoms with Gasteiger partial charge in [0.1, 0.15) is 0 Å². The lowest BCUT2D eigenvalue weighted by Crippen LogP contribution is -2.50. The van der Waals surface area contributed by atoms with Gasteiger partial charge in [-0.3, -0.25) is 0 Å². The first-order valence-electron chi connectivity index (χ1n) is 5.93. The van der Waals surface area contributed by atoms with E-state index < -0.39 is 0 Å². The Morgan fingerprint density at radius 1 is 0.786 bits per heavy atom. The summed E-state index contributed by atoms with van der Waals surface area (Å²) in [7, 11) is 0. The Bertz CT molecular complexity index is 196. The van der Waals surface area contributed by atoms with E-state index in [1.165, 1.54) is 25.7 Å². The quantitative estimate of drug-likeness (QED) is 0.670. The van der Waals surface area contributed by atoms with Crippen LogP contribution in [0.1, 0.15) is 53.4 Å². The summed E-state index contributed by atoms with van der Waals surface area (Å²) in [6.45, 7) is 9.25. The van der Waals surface area contributed by atoms with Crippen LogP contribution < -0.4 is 10.6 Å². The highest BCUT2D eigenvalue weighted by Crippen LogP contribution is 2.30. The van der Waals surface area contributed by atoms with E-state index in [-0.39, 0.29) is 0 Å². The van der Waals surface area contributed by atoms with E-state index in [2.05, 4.69) is 38.3 Å². The molecule has 2 heteroatoms. The molecule has 0 aromatic rings. The Kier molecular flexibility index (Phi) is 2.39. The molecule has 14 heavy (non-hydrogen) atoms. The van der Waals surface area contributed by atoms with Crippen molar-refractivity contribution in [2.24, 2.45) is 0 Å². The topological polar surface area (TPSA) is 24.1 Å². The maximum atomic E-state index is 3.75. The lowest BCUT2D eigenvalue weighted by Gasteiger charge is -2.27. The molecule has 2 rings (SSSR count). The van der Waals surface area contributed by atoms with Crippen LogP contribution in [0.4, 0.5) is 0 Å². The van der Waals surface area contributed by atoms with Crippen molar-refractivity contribution < 1.29 is 0 Å². The molecule has 2 saturated heterocycles. The number of hydrogen-bond acceptors (Lipinski definition) is 2. The lowest BCUT2D eigenvalue weighted by molar-refractivity contribution is 0.351. The molecule has 2 aliphatic rings. The predicted molar refractivity (Wildman–Crippen MR) is 60.5 cm³/mol. The molecule has 0 aromatic carbocycles. The summed E-state index contributed by atoms with van der Waals surface area (Å²) in [6.07, 6.45) is 5.30. The molecule has 2 fully saturated rings. The van der Waals surface area contributed by atoms with Gasteiger partial charge in [-0.25, -0.2) is 0 Å². The van der Waals surface area contributed by atoms with Crippen LogP contribution in [0.15, 0.2) is 0 Å². The molecule has 0 spiro atoms. The second kappa shape index (κ2) is 3.21. The molecule has 82 valence electrons. The highest BCUT2D eigenvalue weighted by Gasteiger charge is 2.39. The zero-order chi connectivity index (χ0) is 10.4. The van der Waals surface area contributed by atoms with Crippen molar-refractivity contribution in [3.05, 3.63) is 0 Å². The van der Waals surface area contributed by atoms with Gasteiger partial charge in [0.25, 0.3) is 0 Å². The van der Waals surface area contributed by atoms with Gasteiger partial charge in [0, 0.05) is 23.2 Å². The third-order valence-corrected chi connectivity index (χ3v) is 3.80. The average Bonchev–Trinajstić information content (AvgIpc) is 2.54. The maximum absolute atomic E-state index is 3.75. The van der Waals surface area contributed by atoms with Crippen LogP contribution >= 0.6 is 0 Å². The second-order valence-electron chi connectivity index (χ2n) is 6.35. The summed E-state index contributed by atoms with van der Waals surface area (Å²) < 4.78 is 0. The summed E-state index contributed by atoms with van der Waals surface area (Å²) in [5.74, 6) is 0. The molecule has 0 amide bonds. The lowest BCUT2D eigenvalue weighted by atomic mass is 10.0. The monoisotopic (exact) mass is 196 g/mol. The first kappa shape index (κ1) is 10.4. The van der Waals surface area contributed by atoms with Crippen LogP contribution in [0.2, 0.25) is 0 Å². The van der Waals surface area contributed by atoms with Gasteiger partial charge in [0.2, 0.25) is 0 Å². The van der Waals surface area contributed by atoms with Crippen LogP contribution in [0.5, 0.6) is 0 Å². The second-order valence-corrected chi connectivity index (χ2v) is 6.35. The molecule has 0 radical (unpaired) electrons. The maximum Gasteiger partial charge on any atom is 0.0227 e. The fourth-order valence-electron chi connectivity index (χ4n) is 2.93. The Morgan fingerprint density at radius 3 is 1.36 bits per heavy atom. The van der Waals surface area contributed by atoms with Crippen LogP contribution in [0, 0.1) is 0 Å². The van der Waals surface area contributed by atoms with E-state index in [9.17, 15) is 0 Å². The molecule has 2 heterocycles. The van der Waals surface area contributed by atoms with Gasteiger partial charge in [-0.15, -0.1) is 0 Å². The number of rotatable bonds is 1. The highest BCUT2D eigenvalue weighted by molar-refractivity contribution is 5.02. The molecule has 0 bridgehead atoms. The van der Waals surface area contributed by atoms with Gasteiger partial charge in [-0.05, 0) is 53.4 Å². The smallest absolute Gasteiger partial charge is 0.0227 e. The predicted octanol–water partition coefficient (Wildman–Crippen LogP) is 2.05. The summed E-state index contributed by atoms with van der Waals surface area (Å²) in [5, 5.41) is 7.49. The third kappa shape index (κ3) is 2.12. The van der Waals surface area contributed by atoms with Crippen molar-refractivity contribution in [3.63, 3.8) is 0 Å². The van der Waals surface area contributed by atoms with Crippen molar-refractivity contribution >= 4 is 0 Å². The molecule has 2 atom stereocenters. The van der Waals surface area contributed by atoms with Crippen molar-refractivity contribution in [3.8, 4) is 0 Å². The van der Waals surface area contributed by atoms with Crippen LogP contribution in [0.3, 0.4) is 0 Å². The zero-order valence-corrected chi connectivity index (χ0v) is 9.98. The van der Waals surface area contributed by atoms with Gasteiger partial charge >= 0.3 is 0 Å². The fraction of sp³-hybridized carbons (Fsp3) is 1.00. The molecule has 0 aromatic heterocycles. The normalized spacial score (nSPS) is 40.3. The van der Waals surface area contributed by atoms with Crippen LogP contribution in [0.25, 0.3) is 0 Å². The van der Waals surface area contributed by atoms with Gasteiger partial charge in [0.15, 0.2) is 0 Å². The van der Waals surface area contributed by atoms with Crippen molar-refractivity contribution in [2.75, 3.05) is 0 Å². The van der Waals surface area contributed by atoms with E-state index in [1.54, 1.807) is 0 Å². The Labute approximate surface area is 87.8 Å².